The SMILES string of the molecule is CC(=O)CC1CCCCN1C(=O)c1cccc(Cl)c1Cl. The first-order valence-electron chi connectivity index (χ1n) is 6.75. The van der Waals surface area contributed by atoms with Crippen molar-refractivity contribution in [3.8, 4) is 0 Å². The molecule has 0 N–H and O–H groups in total. The lowest BCUT2D eigenvalue weighted by atomic mass is 9.97. The van der Waals surface area contributed by atoms with E-state index in [0.29, 0.717) is 23.6 Å². The zero-order valence-electron chi connectivity index (χ0n) is 11.4. The monoisotopic (exact) mass is 313 g/mol. The van der Waals surface area contributed by atoms with Gasteiger partial charge in [0.05, 0.1) is 15.6 Å². The molecule has 1 aliphatic heterocycles. The molecule has 1 amide bonds. The Labute approximate surface area is 128 Å². The molecule has 1 saturated heterocycles. The Morgan fingerprint density at radius 3 is 2.75 bits per heavy atom. The van der Waals surface area contributed by atoms with E-state index in [9.17, 15) is 9.59 Å². The van der Waals surface area contributed by atoms with Gasteiger partial charge in [-0.3, -0.25) is 9.59 Å². The minimum absolute atomic E-state index is 0.0243. The summed E-state index contributed by atoms with van der Waals surface area (Å²) in [4.78, 5) is 25.8. The first kappa shape index (κ1) is 15.3. The molecule has 1 atom stereocenters. The Morgan fingerprint density at radius 1 is 1.30 bits per heavy atom. The highest BCUT2D eigenvalue weighted by Gasteiger charge is 2.29. The maximum absolute atomic E-state index is 12.6. The van der Waals surface area contributed by atoms with E-state index >= 15 is 0 Å². The van der Waals surface area contributed by atoms with Gasteiger partial charge in [-0.25, -0.2) is 0 Å². The van der Waals surface area contributed by atoms with Crippen molar-refractivity contribution in [3.05, 3.63) is 33.8 Å². The fourth-order valence-electron chi connectivity index (χ4n) is 2.64. The molecule has 1 heterocycles. The van der Waals surface area contributed by atoms with Gasteiger partial charge in [-0.1, -0.05) is 29.3 Å². The summed E-state index contributed by atoms with van der Waals surface area (Å²) in [5.74, 6) is -0.0321. The number of halogens is 2. The summed E-state index contributed by atoms with van der Waals surface area (Å²) >= 11 is 12.1. The van der Waals surface area contributed by atoms with Gasteiger partial charge >= 0.3 is 0 Å². The number of carbonyl (C=O) groups excluding carboxylic acids is 2. The fourth-order valence-corrected chi connectivity index (χ4v) is 3.02. The number of benzene rings is 1. The standard InChI is InChI=1S/C15H17Cl2NO2/c1-10(19)9-11-5-2-3-8-18(11)15(20)12-6-4-7-13(16)14(12)17/h4,6-7,11H,2-3,5,8-9H2,1H3. The minimum atomic E-state index is -0.136. The van der Waals surface area contributed by atoms with Crippen LogP contribution in [-0.2, 0) is 4.79 Å². The molecule has 2 rings (SSSR count). The first-order valence-corrected chi connectivity index (χ1v) is 7.50. The molecule has 20 heavy (non-hydrogen) atoms. The summed E-state index contributed by atoms with van der Waals surface area (Å²) in [6.07, 6.45) is 3.27. The van der Waals surface area contributed by atoms with E-state index in [1.165, 1.54) is 0 Å². The van der Waals surface area contributed by atoms with E-state index in [-0.39, 0.29) is 22.8 Å². The van der Waals surface area contributed by atoms with Crippen molar-refractivity contribution in [3.63, 3.8) is 0 Å². The van der Waals surface area contributed by atoms with Gasteiger partial charge in [0.2, 0.25) is 0 Å². The van der Waals surface area contributed by atoms with Crippen LogP contribution in [0.1, 0.15) is 43.0 Å². The summed E-state index contributed by atoms with van der Waals surface area (Å²) in [5.41, 5.74) is 0.412. The average Bonchev–Trinajstić information content (AvgIpc) is 2.41. The van der Waals surface area contributed by atoms with Crippen molar-refractivity contribution >= 4 is 34.9 Å². The predicted octanol–water partition coefficient (Wildman–Crippen LogP) is 3.97. The molecular weight excluding hydrogens is 297 g/mol. The van der Waals surface area contributed by atoms with Gasteiger partial charge in [0.25, 0.3) is 5.91 Å². The van der Waals surface area contributed by atoms with Crippen LogP contribution in [0.4, 0.5) is 0 Å². The molecule has 108 valence electrons. The fraction of sp³-hybridized carbons (Fsp3) is 0.467. The number of rotatable bonds is 3. The number of carbonyl (C=O) groups is 2. The van der Waals surface area contributed by atoms with Crippen molar-refractivity contribution in [2.75, 3.05) is 6.54 Å². The number of Topliss-reactive ketones (excluding diaryl/α,β-unsaturated/α-hetero) is 1. The second-order valence-corrected chi connectivity index (χ2v) is 5.94. The number of piperidine rings is 1. The van der Waals surface area contributed by atoms with Gasteiger partial charge < -0.3 is 4.90 Å². The third-order valence-electron chi connectivity index (χ3n) is 3.59. The van der Waals surface area contributed by atoms with E-state index in [1.54, 1.807) is 30.0 Å². The van der Waals surface area contributed by atoms with E-state index in [1.807, 2.05) is 0 Å². The number of nitrogens with zero attached hydrogens (tertiary/aromatic N) is 1. The van der Waals surface area contributed by atoms with E-state index in [2.05, 4.69) is 0 Å². The van der Waals surface area contributed by atoms with E-state index < -0.39 is 0 Å². The maximum atomic E-state index is 12.6. The van der Waals surface area contributed by atoms with Gasteiger partial charge in [0.15, 0.2) is 0 Å². The third kappa shape index (κ3) is 3.33. The van der Waals surface area contributed by atoms with E-state index in [0.717, 1.165) is 19.3 Å². The summed E-state index contributed by atoms with van der Waals surface area (Å²) in [6, 6.07) is 5.02. The summed E-state index contributed by atoms with van der Waals surface area (Å²) in [6.45, 7) is 2.23. The van der Waals surface area contributed by atoms with Crippen LogP contribution in [0.3, 0.4) is 0 Å². The molecule has 0 radical (unpaired) electrons. The Bertz CT molecular complexity index is 531. The average molecular weight is 314 g/mol. The third-order valence-corrected chi connectivity index (χ3v) is 4.41. The maximum Gasteiger partial charge on any atom is 0.255 e. The van der Waals surface area contributed by atoms with Gasteiger partial charge in [-0.2, -0.15) is 0 Å². The lowest BCUT2D eigenvalue weighted by molar-refractivity contribution is -0.118. The highest BCUT2D eigenvalue weighted by Crippen LogP contribution is 2.29. The molecule has 0 aliphatic carbocycles. The van der Waals surface area contributed by atoms with Crippen LogP contribution in [0, 0.1) is 0 Å². The Kier molecular flexibility index (Phi) is 5.06. The quantitative estimate of drug-likeness (QED) is 0.846. The molecule has 0 aromatic heterocycles. The van der Waals surface area contributed by atoms with Gasteiger partial charge in [-0.15, -0.1) is 0 Å². The number of likely N-dealkylation sites (tertiary alicyclic amines) is 1. The molecule has 0 saturated carbocycles. The largest absolute Gasteiger partial charge is 0.335 e. The molecular formula is C15H17Cl2NO2. The van der Waals surface area contributed by atoms with Crippen LogP contribution in [0.25, 0.3) is 0 Å². The molecule has 5 heteroatoms. The lowest BCUT2D eigenvalue weighted by Gasteiger charge is -2.35. The Hall–Kier alpha value is -1.06. The normalized spacial score (nSPS) is 18.9. The Morgan fingerprint density at radius 2 is 2.05 bits per heavy atom. The second-order valence-electron chi connectivity index (χ2n) is 5.16. The molecule has 1 aromatic carbocycles. The summed E-state index contributed by atoms with van der Waals surface area (Å²) in [7, 11) is 0. The first-order chi connectivity index (χ1) is 9.50. The van der Waals surface area contributed by atoms with Crippen molar-refractivity contribution in [1.82, 2.24) is 4.90 Å². The minimum Gasteiger partial charge on any atom is -0.335 e. The van der Waals surface area contributed by atoms with Crippen LogP contribution in [-0.4, -0.2) is 29.2 Å². The number of hydrogen-bond acceptors (Lipinski definition) is 2. The van der Waals surface area contributed by atoms with Crippen molar-refractivity contribution in [1.29, 1.82) is 0 Å². The van der Waals surface area contributed by atoms with Crippen LogP contribution in [0.2, 0.25) is 10.0 Å². The molecule has 1 aliphatic rings. The molecule has 1 fully saturated rings. The zero-order valence-corrected chi connectivity index (χ0v) is 12.9. The molecule has 1 aromatic rings. The van der Waals surface area contributed by atoms with Gasteiger partial charge in [-0.05, 0) is 38.3 Å². The van der Waals surface area contributed by atoms with Gasteiger partial charge in [0.1, 0.15) is 5.78 Å². The van der Waals surface area contributed by atoms with Crippen LogP contribution in [0.15, 0.2) is 18.2 Å². The lowest BCUT2D eigenvalue weighted by Crippen LogP contribution is -2.44. The number of amides is 1. The smallest absolute Gasteiger partial charge is 0.255 e. The van der Waals surface area contributed by atoms with Crippen molar-refractivity contribution in [2.45, 2.75) is 38.6 Å². The highest BCUT2D eigenvalue weighted by molar-refractivity contribution is 6.43. The second kappa shape index (κ2) is 6.59. The number of hydrogen-bond donors (Lipinski definition) is 0. The van der Waals surface area contributed by atoms with Crippen molar-refractivity contribution in [2.24, 2.45) is 0 Å². The molecule has 0 spiro atoms. The predicted molar refractivity (Wildman–Crippen MR) is 80.4 cm³/mol. The van der Waals surface area contributed by atoms with Crippen LogP contribution in [0.5, 0.6) is 0 Å². The van der Waals surface area contributed by atoms with Crippen LogP contribution >= 0.6 is 23.2 Å². The Balaban J connectivity index is 2.25. The van der Waals surface area contributed by atoms with Gasteiger partial charge in [0, 0.05) is 19.0 Å². The van der Waals surface area contributed by atoms with E-state index in [4.69, 9.17) is 23.2 Å². The van der Waals surface area contributed by atoms with Crippen molar-refractivity contribution < 1.29 is 9.59 Å². The van der Waals surface area contributed by atoms with Crippen LogP contribution < -0.4 is 0 Å². The molecule has 0 bridgehead atoms. The molecule has 1 unspecified atom stereocenters. The number of ketones is 1. The zero-order chi connectivity index (χ0) is 14.7. The topological polar surface area (TPSA) is 37.4 Å². The summed E-state index contributed by atoms with van der Waals surface area (Å²) < 4.78 is 0. The summed E-state index contributed by atoms with van der Waals surface area (Å²) in [5, 5.41) is 0.656. The highest BCUT2D eigenvalue weighted by atomic mass is 35.5. The molecule has 3 nitrogen and oxygen atoms in total.